The molecule has 0 bridgehead atoms. The van der Waals surface area contributed by atoms with Crippen molar-refractivity contribution in [2.45, 2.75) is 25.8 Å². The molecular weight excluding hydrogens is 302 g/mol. The number of carbonyl (C=O) groups is 1. The number of benzene rings is 2. The van der Waals surface area contributed by atoms with E-state index in [1.165, 1.54) is 0 Å². The SMILES string of the molecule is COc1ccc([C@@H]2CCCN2C(=O)c2ccc(C)c(OC)c2)cc1. The third-order valence-electron chi connectivity index (χ3n) is 4.67. The summed E-state index contributed by atoms with van der Waals surface area (Å²) in [7, 11) is 3.29. The fraction of sp³-hybridized carbons (Fsp3) is 0.350. The van der Waals surface area contributed by atoms with Gasteiger partial charge >= 0.3 is 0 Å². The molecule has 24 heavy (non-hydrogen) atoms. The Morgan fingerprint density at radius 3 is 2.50 bits per heavy atom. The smallest absolute Gasteiger partial charge is 0.254 e. The van der Waals surface area contributed by atoms with Crippen LogP contribution in [0.3, 0.4) is 0 Å². The van der Waals surface area contributed by atoms with Gasteiger partial charge in [0.05, 0.1) is 20.3 Å². The Labute approximate surface area is 143 Å². The van der Waals surface area contributed by atoms with Crippen molar-refractivity contribution >= 4 is 5.91 Å². The number of ether oxygens (including phenoxy) is 2. The number of aryl methyl sites for hydroxylation is 1. The molecule has 1 aliphatic rings. The van der Waals surface area contributed by atoms with Crippen molar-refractivity contribution in [2.75, 3.05) is 20.8 Å². The standard InChI is InChI=1S/C20H23NO3/c1-14-6-7-16(13-19(14)24-3)20(22)21-12-4-5-18(21)15-8-10-17(23-2)11-9-15/h6-11,13,18H,4-5,12H2,1-3H3/t18-/m0/s1. The number of nitrogens with zero attached hydrogens (tertiary/aromatic N) is 1. The van der Waals surface area contributed by atoms with Gasteiger partial charge in [-0.2, -0.15) is 0 Å². The first kappa shape index (κ1) is 16.4. The van der Waals surface area contributed by atoms with Gasteiger partial charge in [-0.15, -0.1) is 0 Å². The molecular formula is C20H23NO3. The van der Waals surface area contributed by atoms with Crippen LogP contribution in [0.1, 0.15) is 40.4 Å². The van der Waals surface area contributed by atoms with Gasteiger partial charge in [0, 0.05) is 12.1 Å². The minimum absolute atomic E-state index is 0.0617. The molecule has 0 aromatic heterocycles. The average Bonchev–Trinajstić information content (AvgIpc) is 3.11. The molecule has 2 aromatic rings. The quantitative estimate of drug-likeness (QED) is 0.853. The zero-order chi connectivity index (χ0) is 17.1. The Balaban J connectivity index is 1.85. The van der Waals surface area contributed by atoms with Gasteiger partial charge in [-0.05, 0) is 55.2 Å². The largest absolute Gasteiger partial charge is 0.497 e. The van der Waals surface area contributed by atoms with Crippen molar-refractivity contribution in [3.05, 3.63) is 59.2 Å². The summed E-state index contributed by atoms with van der Waals surface area (Å²) < 4.78 is 10.6. The number of rotatable bonds is 4. The summed E-state index contributed by atoms with van der Waals surface area (Å²) in [6.07, 6.45) is 2.01. The molecule has 1 fully saturated rings. The summed E-state index contributed by atoms with van der Waals surface area (Å²) in [4.78, 5) is 14.9. The second-order valence-electron chi connectivity index (χ2n) is 6.11. The molecule has 1 aliphatic heterocycles. The maximum Gasteiger partial charge on any atom is 0.254 e. The van der Waals surface area contributed by atoms with Crippen LogP contribution in [-0.2, 0) is 0 Å². The summed E-state index contributed by atoms with van der Waals surface area (Å²) in [6, 6.07) is 13.8. The number of methoxy groups -OCH3 is 2. The highest BCUT2D eigenvalue weighted by Crippen LogP contribution is 2.34. The van der Waals surface area contributed by atoms with Crippen LogP contribution in [0, 0.1) is 6.92 Å². The maximum absolute atomic E-state index is 13.0. The minimum Gasteiger partial charge on any atom is -0.497 e. The Bertz CT molecular complexity index is 724. The monoisotopic (exact) mass is 325 g/mol. The van der Waals surface area contributed by atoms with E-state index in [0.29, 0.717) is 5.56 Å². The van der Waals surface area contributed by atoms with E-state index in [1.54, 1.807) is 14.2 Å². The fourth-order valence-electron chi connectivity index (χ4n) is 3.30. The fourth-order valence-corrected chi connectivity index (χ4v) is 3.30. The zero-order valence-corrected chi connectivity index (χ0v) is 14.4. The van der Waals surface area contributed by atoms with Gasteiger partial charge in [0.2, 0.25) is 0 Å². The van der Waals surface area contributed by atoms with Crippen LogP contribution in [0.15, 0.2) is 42.5 Å². The van der Waals surface area contributed by atoms with Crippen molar-refractivity contribution in [3.63, 3.8) is 0 Å². The molecule has 0 aliphatic carbocycles. The van der Waals surface area contributed by atoms with E-state index in [4.69, 9.17) is 9.47 Å². The van der Waals surface area contributed by atoms with Gasteiger partial charge in [0.1, 0.15) is 11.5 Å². The van der Waals surface area contributed by atoms with Gasteiger partial charge < -0.3 is 14.4 Å². The molecule has 3 rings (SSSR count). The molecule has 0 radical (unpaired) electrons. The van der Waals surface area contributed by atoms with Crippen molar-refractivity contribution in [3.8, 4) is 11.5 Å². The molecule has 0 unspecified atom stereocenters. The first-order chi connectivity index (χ1) is 11.6. The van der Waals surface area contributed by atoms with Gasteiger partial charge in [0.15, 0.2) is 0 Å². The van der Waals surface area contributed by atoms with E-state index in [0.717, 1.165) is 42.0 Å². The van der Waals surface area contributed by atoms with E-state index in [2.05, 4.69) is 0 Å². The van der Waals surface area contributed by atoms with Crippen molar-refractivity contribution in [2.24, 2.45) is 0 Å². The molecule has 4 nitrogen and oxygen atoms in total. The Kier molecular flexibility index (Phi) is 4.74. The van der Waals surface area contributed by atoms with E-state index in [-0.39, 0.29) is 11.9 Å². The Morgan fingerprint density at radius 1 is 1.08 bits per heavy atom. The number of hydrogen-bond acceptors (Lipinski definition) is 3. The number of likely N-dealkylation sites (tertiary alicyclic amines) is 1. The molecule has 2 aromatic carbocycles. The molecule has 4 heteroatoms. The third-order valence-corrected chi connectivity index (χ3v) is 4.67. The van der Waals surface area contributed by atoms with Crippen molar-refractivity contribution in [1.82, 2.24) is 4.90 Å². The molecule has 1 saturated heterocycles. The molecule has 1 heterocycles. The van der Waals surface area contributed by atoms with Crippen LogP contribution in [0.2, 0.25) is 0 Å². The summed E-state index contributed by atoms with van der Waals surface area (Å²) in [5, 5.41) is 0. The zero-order valence-electron chi connectivity index (χ0n) is 14.4. The van der Waals surface area contributed by atoms with E-state index >= 15 is 0 Å². The van der Waals surface area contributed by atoms with E-state index in [1.807, 2.05) is 54.3 Å². The van der Waals surface area contributed by atoms with Gasteiger partial charge in [0.25, 0.3) is 5.91 Å². The van der Waals surface area contributed by atoms with Gasteiger partial charge in [-0.1, -0.05) is 18.2 Å². The van der Waals surface area contributed by atoms with E-state index < -0.39 is 0 Å². The Hall–Kier alpha value is -2.49. The number of hydrogen-bond donors (Lipinski definition) is 0. The highest BCUT2D eigenvalue weighted by atomic mass is 16.5. The van der Waals surface area contributed by atoms with Crippen LogP contribution in [-0.4, -0.2) is 31.6 Å². The number of amides is 1. The lowest BCUT2D eigenvalue weighted by molar-refractivity contribution is 0.0735. The lowest BCUT2D eigenvalue weighted by Gasteiger charge is -2.25. The minimum atomic E-state index is 0.0617. The van der Waals surface area contributed by atoms with Gasteiger partial charge in [-0.25, -0.2) is 0 Å². The highest BCUT2D eigenvalue weighted by Gasteiger charge is 2.30. The highest BCUT2D eigenvalue weighted by molar-refractivity contribution is 5.95. The summed E-state index contributed by atoms with van der Waals surface area (Å²) in [6.45, 7) is 2.76. The van der Waals surface area contributed by atoms with Gasteiger partial charge in [-0.3, -0.25) is 4.79 Å². The molecule has 126 valence electrons. The molecule has 1 atom stereocenters. The predicted molar refractivity (Wildman–Crippen MR) is 93.7 cm³/mol. The first-order valence-corrected chi connectivity index (χ1v) is 8.23. The van der Waals surface area contributed by atoms with Crippen LogP contribution in [0.4, 0.5) is 0 Å². The first-order valence-electron chi connectivity index (χ1n) is 8.23. The van der Waals surface area contributed by atoms with Crippen LogP contribution in [0.5, 0.6) is 11.5 Å². The normalized spacial score (nSPS) is 17.0. The second-order valence-corrected chi connectivity index (χ2v) is 6.11. The second kappa shape index (κ2) is 6.95. The lowest BCUT2D eigenvalue weighted by Crippen LogP contribution is -2.30. The third kappa shape index (κ3) is 3.09. The van der Waals surface area contributed by atoms with Crippen LogP contribution in [0.25, 0.3) is 0 Å². The summed E-state index contributed by atoms with van der Waals surface area (Å²) in [5.41, 5.74) is 2.86. The van der Waals surface area contributed by atoms with E-state index in [9.17, 15) is 4.79 Å². The Morgan fingerprint density at radius 2 is 1.83 bits per heavy atom. The predicted octanol–water partition coefficient (Wildman–Crippen LogP) is 3.99. The molecule has 0 saturated carbocycles. The molecule has 0 spiro atoms. The maximum atomic E-state index is 13.0. The number of carbonyl (C=O) groups excluding carboxylic acids is 1. The summed E-state index contributed by atoms with van der Waals surface area (Å²) in [5.74, 6) is 1.64. The van der Waals surface area contributed by atoms with Crippen molar-refractivity contribution < 1.29 is 14.3 Å². The van der Waals surface area contributed by atoms with Crippen LogP contribution >= 0.6 is 0 Å². The lowest BCUT2D eigenvalue weighted by atomic mass is 10.0. The molecule has 1 amide bonds. The summed E-state index contributed by atoms with van der Waals surface area (Å²) >= 11 is 0. The average molecular weight is 325 g/mol. The van der Waals surface area contributed by atoms with Crippen molar-refractivity contribution in [1.29, 1.82) is 0 Å². The van der Waals surface area contributed by atoms with Crippen LogP contribution < -0.4 is 9.47 Å². The molecule has 0 N–H and O–H groups in total. The topological polar surface area (TPSA) is 38.8 Å².